The van der Waals surface area contributed by atoms with Gasteiger partial charge in [0, 0.05) is 19.1 Å². The number of carbonyl (C=O) groups excluding carboxylic acids is 1. The molecule has 0 aliphatic heterocycles. The van der Waals surface area contributed by atoms with Crippen molar-refractivity contribution in [2.45, 2.75) is 39.9 Å². The molecular formula is C22H26ClN5O. The summed E-state index contributed by atoms with van der Waals surface area (Å²) >= 11 is 6.25. The van der Waals surface area contributed by atoms with Gasteiger partial charge < -0.3 is 5.32 Å². The van der Waals surface area contributed by atoms with E-state index in [1.165, 1.54) is 5.56 Å². The molecule has 1 N–H and O–H groups in total. The number of hydrogen-bond donors (Lipinski definition) is 1. The summed E-state index contributed by atoms with van der Waals surface area (Å²) in [5.74, 6) is 0.410. The molecule has 3 rings (SSSR count). The summed E-state index contributed by atoms with van der Waals surface area (Å²) in [7, 11) is 2.09. The van der Waals surface area contributed by atoms with Gasteiger partial charge in [0.05, 0.1) is 10.7 Å². The first kappa shape index (κ1) is 21.0. The van der Waals surface area contributed by atoms with Crippen LogP contribution in [0.3, 0.4) is 0 Å². The van der Waals surface area contributed by atoms with Gasteiger partial charge in [0.1, 0.15) is 5.82 Å². The molecular weight excluding hydrogens is 386 g/mol. The molecule has 3 aromatic rings. The minimum atomic E-state index is -0.314. The normalized spacial score (nSPS) is 11.3. The lowest BCUT2D eigenvalue weighted by Crippen LogP contribution is -2.28. The summed E-state index contributed by atoms with van der Waals surface area (Å²) in [5, 5.41) is 7.84. The van der Waals surface area contributed by atoms with E-state index in [-0.39, 0.29) is 11.7 Å². The number of aryl methyl sites for hydroxylation is 1. The van der Waals surface area contributed by atoms with E-state index in [1.807, 2.05) is 36.4 Å². The monoisotopic (exact) mass is 411 g/mol. The number of amides is 1. The highest BCUT2D eigenvalue weighted by Gasteiger charge is 2.17. The second kappa shape index (κ2) is 9.20. The van der Waals surface area contributed by atoms with Gasteiger partial charge in [0.15, 0.2) is 0 Å². The molecule has 0 bridgehead atoms. The van der Waals surface area contributed by atoms with Crippen LogP contribution in [-0.4, -0.2) is 38.7 Å². The van der Waals surface area contributed by atoms with Crippen molar-refractivity contribution in [1.82, 2.24) is 25.0 Å². The fourth-order valence-corrected chi connectivity index (χ4v) is 3.14. The molecule has 0 fully saturated rings. The van der Waals surface area contributed by atoms with Crippen molar-refractivity contribution in [2.75, 3.05) is 7.05 Å². The maximum Gasteiger partial charge on any atom is 0.291 e. The molecule has 0 atom stereocenters. The zero-order valence-corrected chi connectivity index (χ0v) is 17.9. The number of nitrogens with zero attached hydrogens (tertiary/aromatic N) is 4. The molecule has 0 saturated carbocycles. The van der Waals surface area contributed by atoms with Crippen LogP contribution in [0.1, 0.15) is 41.4 Å². The Hall–Kier alpha value is -2.70. The van der Waals surface area contributed by atoms with Gasteiger partial charge in [0.2, 0.25) is 5.82 Å². The summed E-state index contributed by atoms with van der Waals surface area (Å²) in [6.45, 7) is 7.36. The van der Waals surface area contributed by atoms with E-state index in [0.717, 1.165) is 12.1 Å². The number of hydrogen-bond acceptors (Lipinski definition) is 4. The van der Waals surface area contributed by atoms with Gasteiger partial charge in [-0.2, -0.15) is 0 Å². The fraction of sp³-hybridized carbons (Fsp3) is 0.318. The van der Waals surface area contributed by atoms with Crippen LogP contribution in [0.25, 0.3) is 5.69 Å². The maximum atomic E-state index is 12.6. The van der Waals surface area contributed by atoms with Crippen molar-refractivity contribution in [2.24, 2.45) is 0 Å². The minimum absolute atomic E-state index is 0.124. The molecule has 6 nitrogen and oxygen atoms in total. The van der Waals surface area contributed by atoms with Gasteiger partial charge in [-0.25, -0.2) is 9.67 Å². The summed E-state index contributed by atoms with van der Waals surface area (Å²) in [6.07, 6.45) is 0. The Morgan fingerprint density at radius 2 is 1.79 bits per heavy atom. The van der Waals surface area contributed by atoms with Crippen LogP contribution in [0.5, 0.6) is 0 Å². The highest BCUT2D eigenvalue weighted by Crippen LogP contribution is 2.20. The van der Waals surface area contributed by atoms with Crippen molar-refractivity contribution in [3.8, 4) is 5.69 Å². The zero-order chi connectivity index (χ0) is 21.0. The quantitative estimate of drug-likeness (QED) is 0.638. The number of para-hydroxylation sites is 1. The molecule has 0 spiro atoms. The highest BCUT2D eigenvalue weighted by atomic mass is 35.5. The molecule has 29 heavy (non-hydrogen) atoms. The number of benzene rings is 2. The van der Waals surface area contributed by atoms with Crippen LogP contribution in [0.2, 0.25) is 5.02 Å². The van der Waals surface area contributed by atoms with E-state index in [4.69, 9.17) is 11.6 Å². The summed E-state index contributed by atoms with van der Waals surface area (Å²) < 4.78 is 1.59. The lowest BCUT2D eigenvalue weighted by atomic mass is 10.1. The van der Waals surface area contributed by atoms with E-state index in [2.05, 4.69) is 47.3 Å². The van der Waals surface area contributed by atoms with Crippen molar-refractivity contribution in [3.05, 3.63) is 76.3 Å². The molecule has 0 saturated heterocycles. The van der Waals surface area contributed by atoms with Crippen molar-refractivity contribution < 1.29 is 4.79 Å². The van der Waals surface area contributed by atoms with E-state index < -0.39 is 0 Å². The standard InChI is InChI=1S/C22H26ClN5O/c1-15(2)27(4)14-18-10-6-5-9-17(18)13-24-22(29)21-25-16(3)28(26-21)20-12-8-7-11-19(20)23/h5-12,15H,13-14H2,1-4H3,(H,24,29). The predicted molar refractivity (Wildman–Crippen MR) is 115 cm³/mol. The van der Waals surface area contributed by atoms with Crippen LogP contribution < -0.4 is 5.32 Å². The number of halogens is 1. The molecule has 1 amide bonds. The first-order chi connectivity index (χ1) is 13.9. The second-order valence-electron chi connectivity index (χ2n) is 7.31. The molecule has 1 aromatic heterocycles. The smallest absolute Gasteiger partial charge is 0.291 e. The van der Waals surface area contributed by atoms with E-state index >= 15 is 0 Å². The third-order valence-electron chi connectivity index (χ3n) is 4.91. The Labute approximate surface area is 176 Å². The molecule has 7 heteroatoms. The van der Waals surface area contributed by atoms with Crippen LogP contribution in [0, 0.1) is 6.92 Å². The predicted octanol–water partition coefficient (Wildman–Crippen LogP) is 4.00. The van der Waals surface area contributed by atoms with E-state index in [9.17, 15) is 4.79 Å². The topological polar surface area (TPSA) is 63.1 Å². The fourth-order valence-electron chi connectivity index (χ4n) is 2.93. The van der Waals surface area contributed by atoms with Crippen molar-refractivity contribution in [3.63, 3.8) is 0 Å². The summed E-state index contributed by atoms with van der Waals surface area (Å²) in [4.78, 5) is 19.2. The highest BCUT2D eigenvalue weighted by molar-refractivity contribution is 6.32. The Morgan fingerprint density at radius 1 is 1.14 bits per heavy atom. The third kappa shape index (κ3) is 5.02. The van der Waals surface area contributed by atoms with Crippen LogP contribution >= 0.6 is 11.6 Å². The third-order valence-corrected chi connectivity index (χ3v) is 5.23. The number of nitrogens with one attached hydrogen (secondary N) is 1. The van der Waals surface area contributed by atoms with Gasteiger partial charge in [-0.1, -0.05) is 48.0 Å². The summed E-state index contributed by atoms with van der Waals surface area (Å²) in [6, 6.07) is 15.9. The average molecular weight is 412 g/mol. The molecule has 152 valence electrons. The van der Waals surface area contributed by atoms with Crippen molar-refractivity contribution in [1.29, 1.82) is 0 Å². The van der Waals surface area contributed by atoms with Crippen LogP contribution in [-0.2, 0) is 13.1 Å². The lowest BCUT2D eigenvalue weighted by molar-refractivity contribution is 0.0940. The Morgan fingerprint density at radius 3 is 2.48 bits per heavy atom. The lowest BCUT2D eigenvalue weighted by Gasteiger charge is -2.22. The Balaban J connectivity index is 1.73. The van der Waals surface area contributed by atoms with E-state index in [1.54, 1.807) is 17.7 Å². The SMILES string of the molecule is Cc1nc(C(=O)NCc2ccccc2CN(C)C(C)C)nn1-c1ccccc1Cl. The first-order valence-corrected chi connectivity index (χ1v) is 9.98. The molecule has 2 aromatic carbocycles. The Bertz CT molecular complexity index is 998. The van der Waals surface area contributed by atoms with Crippen LogP contribution in [0.15, 0.2) is 48.5 Å². The van der Waals surface area contributed by atoms with Gasteiger partial charge in [-0.3, -0.25) is 9.69 Å². The Kier molecular flexibility index (Phi) is 6.67. The van der Waals surface area contributed by atoms with E-state index in [0.29, 0.717) is 29.1 Å². The van der Waals surface area contributed by atoms with Gasteiger partial charge in [-0.05, 0) is 51.1 Å². The van der Waals surface area contributed by atoms with Gasteiger partial charge in [-0.15, -0.1) is 5.10 Å². The molecule has 1 heterocycles. The van der Waals surface area contributed by atoms with Crippen LogP contribution in [0.4, 0.5) is 0 Å². The zero-order valence-electron chi connectivity index (χ0n) is 17.2. The second-order valence-corrected chi connectivity index (χ2v) is 7.71. The first-order valence-electron chi connectivity index (χ1n) is 9.60. The largest absolute Gasteiger partial charge is 0.345 e. The van der Waals surface area contributed by atoms with Gasteiger partial charge >= 0.3 is 0 Å². The maximum absolute atomic E-state index is 12.6. The molecule has 0 radical (unpaired) electrons. The molecule has 0 unspecified atom stereocenters. The number of aromatic nitrogens is 3. The summed E-state index contributed by atoms with van der Waals surface area (Å²) in [5.41, 5.74) is 2.96. The minimum Gasteiger partial charge on any atom is -0.345 e. The number of carbonyl (C=O) groups is 1. The average Bonchev–Trinajstić information content (AvgIpc) is 3.09. The van der Waals surface area contributed by atoms with Gasteiger partial charge in [0.25, 0.3) is 5.91 Å². The molecule has 0 aliphatic carbocycles. The van der Waals surface area contributed by atoms with Crippen molar-refractivity contribution >= 4 is 17.5 Å². The molecule has 0 aliphatic rings. The number of rotatable bonds is 7.